The lowest BCUT2D eigenvalue weighted by atomic mass is 10.1. The van der Waals surface area contributed by atoms with Crippen LogP contribution < -0.4 is 14.4 Å². The zero-order valence-corrected chi connectivity index (χ0v) is 17.9. The van der Waals surface area contributed by atoms with Crippen LogP contribution in [0.2, 0.25) is 5.02 Å². The normalized spacial score (nSPS) is 18.7. The van der Waals surface area contributed by atoms with Crippen LogP contribution in [0.5, 0.6) is 11.5 Å². The van der Waals surface area contributed by atoms with Gasteiger partial charge in [0.15, 0.2) is 11.5 Å². The van der Waals surface area contributed by atoms with Crippen LogP contribution in [0.25, 0.3) is 0 Å². The van der Waals surface area contributed by atoms with Gasteiger partial charge in [0.2, 0.25) is 12.7 Å². The fraction of sp³-hybridized carbons (Fsp3) is 0.391. The molecule has 2 aromatic rings. The largest absolute Gasteiger partial charge is 0.454 e. The number of benzene rings is 2. The highest BCUT2D eigenvalue weighted by molar-refractivity contribution is 6.34. The van der Waals surface area contributed by atoms with Gasteiger partial charge in [-0.15, -0.1) is 0 Å². The SMILES string of the molecule is O=C(c1ccc(Cl)c(N2CCCC2=O)c1)N1CCN(Cc2ccc3c(c2)OCO3)CC1. The van der Waals surface area contributed by atoms with Gasteiger partial charge in [-0.1, -0.05) is 17.7 Å². The summed E-state index contributed by atoms with van der Waals surface area (Å²) in [6.07, 6.45) is 1.35. The van der Waals surface area contributed by atoms with Gasteiger partial charge in [-0.05, 0) is 42.3 Å². The molecule has 31 heavy (non-hydrogen) atoms. The summed E-state index contributed by atoms with van der Waals surface area (Å²) in [5, 5.41) is 0.500. The van der Waals surface area contributed by atoms with E-state index in [1.807, 2.05) is 17.0 Å². The van der Waals surface area contributed by atoms with E-state index < -0.39 is 0 Å². The van der Waals surface area contributed by atoms with Gasteiger partial charge in [0.1, 0.15) is 0 Å². The van der Waals surface area contributed by atoms with E-state index in [1.54, 1.807) is 23.1 Å². The Morgan fingerprint density at radius 1 is 0.968 bits per heavy atom. The Balaban J connectivity index is 1.21. The minimum absolute atomic E-state index is 0.0210. The second-order valence-electron chi connectivity index (χ2n) is 8.07. The Hall–Kier alpha value is -2.77. The molecule has 5 rings (SSSR count). The van der Waals surface area contributed by atoms with E-state index in [2.05, 4.69) is 11.0 Å². The van der Waals surface area contributed by atoms with Crippen molar-refractivity contribution >= 4 is 29.1 Å². The summed E-state index contributed by atoms with van der Waals surface area (Å²) in [5.41, 5.74) is 2.38. The Morgan fingerprint density at radius 2 is 1.77 bits per heavy atom. The molecule has 3 heterocycles. The maximum Gasteiger partial charge on any atom is 0.254 e. The quantitative estimate of drug-likeness (QED) is 0.729. The average molecular weight is 442 g/mol. The van der Waals surface area contributed by atoms with Crippen molar-refractivity contribution in [2.75, 3.05) is 44.4 Å². The van der Waals surface area contributed by atoms with Crippen LogP contribution >= 0.6 is 11.6 Å². The Morgan fingerprint density at radius 3 is 2.55 bits per heavy atom. The van der Waals surface area contributed by atoms with Crippen molar-refractivity contribution in [1.29, 1.82) is 0 Å². The zero-order chi connectivity index (χ0) is 21.4. The molecule has 2 saturated heterocycles. The van der Waals surface area contributed by atoms with Crippen LogP contribution in [0.15, 0.2) is 36.4 Å². The summed E-state index contributed by atoms with van der Waals surface area (Å²) in [5.74, 6) is 1.62. The molecule has 0 spiro atoms. The summed E-state index contributed by atoms with van der Waals surface area (Å²) in [4.78, 5) is 31.1. The molecular formula is C23H24ClN3O4. The van der Waals surface area contributed by atoms with E-state index in [1.165, 1.54) is 5.56 Å². The second kappa shape index (κ2) is 8.40. The van der Waals surface area contributed by atoms with Crippen LogP contribution in [-0.2, 0) is 11.3 Å². The fourth-order valence-electron chi connectivity index (χ4n) is 4.34. The predicted octanol–water partition coefficient (Wildman–Crippen LogP) is 3.15. The first-order valence-corrected chi connectivity index (χ1v) is 11.0. The molecule has 0 radical (unpaired) electrons. The van der Waals surface area contributed by atoms with Gasteiger partial charge in [0, 0.05) is 51.3 Å². The van der Waals surface area contributed by atoms with Gasteiger partial charge in [-0.25, -0.2) is 0 Å². The molecule has 0 saturated carbocycles. The Bertz CT molecular complexity index is 1020. The average Bonchev–Trinajstić information content (AvgIpc) is 3.42. The van der Waals surface area contributed by atoms with Crippen LogP contribution in [0.1, 0.15) is 28.8 Å². The van der Waals surface area contributed by atoms with Crippen molar-refractivity contribution in [3.05, 3.63) is 52.5 Å². The Labute approximate surface area is 186 Å². The van der Waals surface area contributed by atoms with E-state index in [4.69, 9.17) is 21.1 Å². The number of carbonyl (C=O) groups excluding carboxylic acids is 2. The van der Waals surface area contributed by atoms with Gasteiger partial charge < -0.3 is 19.3 Å². The third-order valence-electron chi connectivity index (χ3n) is 6.06. The minimum atomic E-state index is -0.0210. The third kappa shape index (κ3) is 4.07. The van der Waals surface area contributed by atoms with Crippen molar-refractivity contribution < 1.29 is 19.1 Å². The molecule has 8 heteroatoms. The molecule has 0 aliphatic carbocycles. The highest BCUT2D eigenvalue weighted by Gasteiger charge is 2.27. The highest BCUT2D eigenvalue weighted by Crippen LogP contribution is 2.33. The molecule has 7 nitrogen and oxygen atoms in total. The molecule has 2 aromatic carbocycles. The lowest BCUT2D eigenvalue weighted by molar-refractivity contribution is -0.117. The molecular weight excluding hydrogens is 418 g/mol. The number of rotatable bonds is 4. The molecule has 0 N–H and O–H groups in total. The first-order valence-electron chi connectivity index (χ1n) is 10.6. The van der Waals surface area contributed by atoms with Gasteiger partial charge >= 0.3 is 0 Å². The monoisotopic (exact) mass is 441 g/mol. The highest BCUT2D eigenvalue weighted by atomic mass is 35.5. The smallest absolute Gasteiger partial charge is 0.254 e. The zero-order valence-electron chi connectivity index (χ0n) is 17.2. The predicted molar refractivity (Wildman–Crippen MR) is 117 cm³/mol. The summed E-state index contributed by atoms with van der Waals surface area (Å²) < 4.78 is 10.8. The van der Waals surface area contributed by atoms with Gasteiger partial charge in [-0.3, -0.25) is 14.5 Å². The summed E-state index contributed by atoms with van der Waals surface area (Å²) in [6, 6.07) is 11.2. The molecule has 3 aliphatic heterocycles. The number of halogens is 1. The molecule has 2 amide bonds. The van der Waals surface area contributed by atoms with E-state index in [9.17, 15) is 9.59 Å². The lowest BCUT2D eigenvalue weighted by Gasteiger charge is -2.35. The third-order valence-corrected chi connectivity index (χ3v) is 6.38. The van der Waals surface area contributed by atoms with Crippen LogP contribution in [0.4, 0.5) is 5.69 Å². The van der Waals surface area contributed by atoms with E-state index in [0.717, 1.165) is 37.6 Å². The number of piperazine rings is 1. The lowest BCUT2D eigenvalue weighted by Crippen LogP contribution is -2.48. The number of amides is 2. The van der Waals surface area contributed by atoms with Crippen LogP contribution in [-0.4, -0.2) is 61.1 Å². The standard InChI is InChI=1S/C23H24ClN3O4/c24-18-5-4-17(13-19(18)27-7-1-2-22(27)28)23(29)26-10-8-25(9-11-26)14-16-3-6-20-21(12-16)31-15-30-20/h3-6,12-13H,1-2,7-11,14-15H2. The number of carbonyl (C=O) groups is 2. The minimum Gasteiger partial charge on any atom is -0.454 e. The molecule has 0 atom stereocenters. The van der Waals surface area contributed by atoms with Crippen LogP contribution in [0.3, 0.4) is 0 Å². The number of fused-ring (bicyclic) bond motifs is 1. The Kier molecular flexibility index (Phi) is 5.46. The number of anilines is 1. The molecule has 2 fully saturated rings. The molecule has 0 unspecified atom stereocenters. The molecule has 162 valence electrons. The van der Waals surface area contributed by atoms with Gasteiger partial charge in [0.25, 0.3) is 5.91 Å². The summed E-state index contributed by atoms with van der Waals surface area (Å²) in [7, 11) is 0. The molecule has 3 aliphatic rings. The van der Waals surface area contributed by atoms with Crippen molar-refractivity contribution in [3.63, 3.8) is 0 Å². The van der Waals surface area contributed by atoms with Crippen LogP contribution in [0, 0.1) is 0 Å². The number of nitrogens with zero attached hydrogens (tertiary/aromatic N) is 3. The van der Waals surface area contributed by atoms with Crippen molar-refractivity contribution in [3.8, 4) is 11.5 Å². The van der Waals surface area contributed by atoms with Crippen molar-refractivity contribution in [2.24, 2.45) is 0 Å². The first kappa shape index (κ1) is 20.2. The maximum atomic E-state index is 13.1. The van der Waals surface area contributed by atoms with Crippen molar-refractivity contribution in [1.82, 2.24) is 9.80 Å². The second-order valence-corrected chi connectivity index (χ2v) is 8.48. The summed E-state index contributed by atoms with van der Waals surface area (Å²) in [6.45, 7) is 4.64. The van der Waals surface area contributed by atoms with Crippen molar-refractivity contribution in [2.45, 2.75) is 19.4 Å². The van der Waals surface area contributed by atoms with Gasteiger partial charge in [-0.2, -0.15) is 0 Å². The fourth-order valence-corrected chi connectivity index (χ4v) is 4.56. The molecule has 0 aromatic heterocycles. The van der Waals surface area contributed by atoms with E-state index >= 15 is 0 Å². The number of ether oxygens (including phenoxy) is 2. The molecule has 0 bridgehead atoms. The number of hydrogen-bond acceptors (Lipinski definition) is 5. The van der Waals surface area contributed by atoms with Gasteiger partial charge in [0.05, 0.1) is 10.7 Å². The van der Waals surface area contributed by atoms with E-state index in [-0.39, 0.29) is 18.6 Å². The van der Waals surface area contributed by atoms with E-state index in [0.29, 0.717) is 42.3 Å². The maximum absolute atomic E-state index is 13.1. The summed E-state index contributed by atoms with van der Waals surface area (Å²) >= 11 is 6.32. The number of hydrogen-bond donors (Lipinski definition) is 0. The topological polar surface area (TPSA) is 62.3 Å². The first-order chi connectivity index (χ1) is 15.1.